The zero-order valence-electron chi connectivity index (χ0n) is 30.8. The highest BCUT2D eigenvalue weighted by Crippen LogP contribution is 2.14. The van der Waals surface area contributed by atoms with Crippen molar-refractivity contribution in [2.45, 2.75) is 219 Å². The minimum Gasteiger partial charge on any atom is -0.394 e. The second-order valence-electron chi connectivity index (χ2n) is 13.7. The standard InChI is InChI=1S/C42H79NO3/c1-3-5-7-9-11-13-15-17-19-21-22-23-25-27-29-31-33-35-37-41(45)40(39-44)43-42(46)38-36-34-32-30-28-26-24-20-18-16-14-12-10-8-6-4-2/h14,16,20,24,35,37,40-41,44-45H,3-13,15,17-19,21-23,25-34,36,38-39H2,1-2H3,(H,43,46)/b16-14-,24-20-,37-35+. The van der Waals surface area contributed by atoms with E-state index in [0.29, 0.717) is 6.42 Å². The molecule has 0 saturated carbocycles. The lowest BCUT2D eigenvalue weighted by molar-refractivity contribution is -0.123. The van der Waals surface area contributed by atoms with Crippen LogP contribution in [-0.4, -0.2) is 34.9 Å². The summed E-state index contributed by atoms with van der Waals surface area (Å²) in [6.07, 6.45) is 49.5. The summed E-state index contributed by atoms with van der Waals surface area (Å²) in [4.78, 5) is 12.3. The second kappa shape index (κ2) is 38.1. The number of carbonyl (C=O) groups is 1. The van der Waals surface area contributed by atoms with Gasteiger partial charge in [-0.15, -0.1) is 0 Å². The quantitative estimate of drug-likeness (QED) is 0.0469. The molecule has 4 nitrogen and oxygen atoms in total. The van der Waals surface area contributed by atoms with Gasteiger partial charge in [-0.2, -0.15) is 0 Å². The highest BCUT2D eigenvalue weighted by molar-refractivity contribution is 5.76. The fourth-order valence-electron chi connectivity index (χ4n) is 5.97. The first-order valence-corrected chi connectivity index (χ1v) is 20.2. The third kappa shape index (κ3) is 34.0. The average molecular weight is 646 g/mol. The van der Waals surface area contributed by atoms with Crippen LogP contribution < -0.4 is 5.32 Å². The van der Waals surface area contributed by atoms with E-state index < -0.39 is 12.1 Å². The van der Waals surface area contributed by atoms with Gasteiger partial charge in [-0.3, -0.25) is 4.79 Å². The molecule has 0 radical (unpaired) electrons. The molecule has 2 atom stereocenters. The van der Waals surface area contributed by atoms with Crippen LogP contribution >= 0.6 is 0 Å². The number of amides is 1. The van der Waals surface area contributed by atoms with Crippen molar-refractivity contribution in [3.8, 4) is 0 Å². The molecule has 3 N–H and O–H groups in total. The molecule has 4 heteroatoms. The molecule has 0 aromatic heterocycles. The molecule has 0 bridgehead atoms. The highest BCUT2D eigenvalue weighted by Gasteiger charge is 2.17. The van der Waals surface area contributed by atoms with E-state index in [1.54, 1.807) is 6.08 Å². The summed E-state index contributed by atoms with van der Waals surface area (Å²) in [5.41, 5.74) is 0. The molecule has 0 aromatic rings. The second-order valence-corrected chi connectivity index (χ2v) is 13.7. The largest absolute Gasteiger partial charge is 0.394 e. The summed E-state index contributed by atoms with van der Waals surface area (Å²) in [6, 6.07) is -0.628. The van der Waals surface area contributed by atoms with Gasteiger partial charge in [0.2, 0.25) is 5.91 Å². The monoisotopic (exact) mass is 646 g/mol. The number of aliphatic hydroxyl groups excluding tert-OH is 2. The molecule has 0 rings (SSSR count). The SMILES string of the molecule is CCCCCC/C=C\C/C=C\CCCCCCCC(=O)NC(CO)C(O)/C=C/CCCCCCCCCCCCCCCCCC. The van der Waals surface area contributed by atoms with Crippen molar-refractivity contribution in [3.63, 3.8) is 0 Å². The van der Waals surface area contributed by atoms with Gasteiger partial charge in [0.1, 0.15) is 0 Å². The fourth-order valence-corrected chi connectivity index (χ4v) is 5.97. The molecule has 0 aliphatic rings. The maximum absolute atomic E-state index is 12.3. The van der Waals surface area contributed by atoms with Gasteiger partial charge in [0, 0.05) is 6.42 Å². The average Bonchev–Trinajstić information content (AvgIpc) is 3.06. The lowest BCUT2D eigenvalue weighted by Gasteiger charge is -2.20. The Morgan fingerprint density at radius 2 is 0.891 bits per heavy atom. The fraction of sp³-hybridized carbons (Fsp3) is 0.833. The minimum absolute atomic E-state index is 0.0781. The van der Waals surface area contributed by atoms with Crippen LogP contribution in [-0.2, 0) is 4.79 Å². The Morgan fingerprint density at radius 3 is 1.33 bits per heavy atom. The summed E-state index contributed by atoms with van der Waals surface area (Å²) in [5, 5.41) is 22.9. The van der Waals surface area contributed by atoms with Crippen LogP contribution in [0.5, 0.6) is 0 Å². The number of nitrogens with one attached hydrogen (secondary N) is 1. The molecule has 0 aliphatic heterocycles. The Hall–Kier alpha value is -1.39. The molecule has 0 spiro atoms. The molecule has 0 fully saturated rings. The number of rotatable bonds is 36. The van der Waals surface area contributed by atoms with E-state index in [9.17, 15) is 15.0 Å². The van der Waals surface area contributed by atoms with Crippen LogP contribution in [0.15, 0.2) is 36.5 Å². The first kappa shape index (κ1) is 44.6. The normalized spacial score (nSPS) is 13.4. The zero-order chi connectivity index (χ0) is 33.6. The minimum atomic E-state index is -0.843. The number of hydrogen-bond donors (Lipinski definition) is 3. The summed E-state index contributed by atoms with van der Waals surface area (Å²) in [5.74, 6) is -0.0781. The summed E-state index contributed by atoms with van der Waals surface area (Å²) < 4.78 is 0. The number of aliphatic hydroxyl groups is 2. The van der Waals surface area contributed by atoms with Crippen LogP contribution in [0.2, 0.25) is 0 Å². The summed E-state index contributed by atoms with van der Waals surface area (Å²) >= 11 is 0. The van der Waals surface area contributed by atoms with Crippen molar-refractivity contribution in [1.29, 1.82) is 0 Å². The first-order chi connectivity index (χ1) is 22.7. The topological polar surface area (TPSA) is 69.6 Å². The van der Waals surface area contributed by atoms with Gasteiger partial charge in [-0.05, 0) is 51.4 Å². The molecular formula is C42H79NO3. The van der Waals surface area contributed by atoms with E-state index >= 15 is 0 Å². The van der Waals surface area contributed by atoms with Crippen LogP contribution in [0.3, 0.4) is 0 Å². The number of allylic oxidation sites excluding steroid dienone is 5. The molecule has 270 valence electrons. The van der Waals surface area contributed by atoms with E-state index in [0.717, 1.165) is 44.9 Å². The Kier molecular flexibility index (Phi) is 36.9. The van der Waals surface area contributed by atoms with Crippen molar-refractivity contribution < 1.29 is 15.0 Å². The van der Waals surface area contributed by atoms with Gasteiger partial charge in [0.05, 0.1) is 18.8 Å². The molecule has 0 saturated heterocycles. The molecule has 46 heavy (non-hydrogen) atoms. The van der Waals surface area contributed by atoms with E-state index in [4.69, 9.17) is 0 Å². The summed E-state index contributed by atoms with van der Waals surface area (Å²) in [7, 11) is 0. The van der Waals surface area contributed by atoms with Crippen LogP contribution in [0.1, 0.15) is 206 Å². The van der Waals surface area contributed by atoms with Gasteiger partial charge in [0.15, 0.2) is 0 Å². The highest BCUT2D eigenvalue weighted by atomic mass is 16.3. The van der Waals surface area contributed by atoms with E-state index in [-0.39, 0.29) is 12.5 Å². The van der Waals surface area contributed by atoms with Crippen molar-refractivity contribution in [2.75, 3.05) is 6.61 Å². The number of hydrogen-bond acceptors (Lipinski definition) is 3. The van der Waals surface area contributed by atoms with Crippen molar-refractivity contribution in [2.24, 2.45) is 0 Å². The lowest BCUT2D eigenvalue weighted by Crippen LogP contribution is -2.45. The van der Waals surface area contributed by atoms with Gasteiger partial charge in [-0.1, -0.05) is 185 Å². The predicted molar refractivity (Wildman–Crippen MR) is 202 cm³/mol. The van der Waals surface area contributed by atoms with Crippen molar-refractivity contribution >= 4 is 5.91 Å². The Labute approximate surface area is 287 Å². The van der Waals surface area contributed by atoms with Crippen LogP contribution in [0.4, 0.5) is 0 Å². The Bertz CT molecular complexity index is 701. The van der Waals surface area contributed by atoms with Gasteiger partial charge < -0.3 is 15.5 Å². The van der Waals surface area contributed by atoms with Gasteiger partial charge in [-0.25, -0.2) is 0 Å². The molecule has 0 aromatic carbocycles. The van der Waals surface area contributed by atoms with Crippen molar-refractivity contribution in [3.05, 3.63) is 36.5 Å². The zero-order valence-corrected chi connectivity index (χ0v) is 30.8. The maximum atomic E-state index is 12.3. The summed E-state index contributed by atoms with van der Waals surface area (Å²) in [6.45, 7) is 4.28. The molecule has 2 unspecified atom stereocenters. The molecule has 0 aliphatic carbocycles. The molecular weight excluding hydrogens is 566 g/mol. The van der Waals surface area contributed by atoms with E-state index in [2.05, 4.69) is 43.5 Å². The van der Waals surface area contributed by atoms with E-state index in [1.807, 2.05) is 6.08 Å². The van der Waals surface area contributed by atoms with Gasteiger partial charge in [0.25, 0.3) is 0 Å². The maximum Gasteiger partial charge on any atom is 0.220 e. The van der Waals surface area contributed by atoms with Gasteiger partial charge >= 0.3 is 0 Å². The number of unbranched alkanes of at least 4 members (excludes halogenated alkanes) is 25. The van der Waals surface area contributed by atoms with Crippen molar-refractivity contribution in [1.82, 2.24) is 5.32 Å². The third-order valence-electron chi connectivity index (χ3n) is 9.12. The van der Waals surface area contributed by atoms with Crippen LogP contribution in [0.25, 0.3) is 0 Å². The van der Waals surface area contributed by atoms with E-state index in [1.165, 1.54) is 141 Å². The molecule has 0 heterocycles. The Balaban J connectivity index is 3.62. The predicted octanol–water partition coefficient (Wildman–Crippen LogP) is 12.2. The lowest BCUT2D eigenvalue weighted by atomic mass is 10.0. The smallest absolute Gasteiger partial charge is 0.220 e. The third-order valence-corrected chi connectivity index (χ3v) is 9.12. The Morgan fingerprint density at radius 1 is 0.522 bits per heavy atom. The molecule has 1 amide bonds. The van der Waals surface area contributed by atoms with Crippen LogP contribution in [0, 0.1) is 0 Å². The first-order valence-electron chi connectivity index (χ1n) is 20.2. The number of carbonyl (C=O) groups excluding carboxylic acids is 1.